The van der Waals surface area contributed by atoms with Crippen molar-refractivity contribution in [3.05, 3.63) is 47.5 Å². The fourth-order valence-corrected chi connectivity index (χ4v) is 7.90. The summed E-state index contributed by atoms with van der Waals surface area (Å²) >= 11 is 0. The summed E-state index contributed by atoms with van der Waals surface area (Å²) in [6.45, 7) is 2.57. The van der Waals surface area contributed by atoms with Crippen molar-refractivity contribution in [3.63, 3.8) is 0 Å². The Kier molecular flexibility index (Phi) is 6.36. The fraction of sp³-hybridized carbons (Fsp3) is 0.424. The van der Waals surface area contributed by atoms with Gasteiger partial charge in [0.15, 0.2) is 5.82 Å². The van der Waals surface area contributed by atoms with E-state index < -0.39 is 29.2 Å². The van der Waals surface area contributed by atoms with Crippen molar-refractivity contribution < 1.29 is 23.0 Å². The Hall–Kier alpha value is -4.14. The molecule has 4 atom stereocenters. The fourth-order valence-electron chi connectivity index (χ4n) is 7.90. The molecule has 6 heterocycles. The molecule has 2 bridgehead atoms. The number of anilines is 1. The highest BCUT2D eigenvalue weighted by Gasteiger charge is 2.49. The summed E-state index contributed by atoms with van der Waals surface area (Å²) < 4.78 is 52.2. The highest BCUT2D eigenvalue weighted by atomic mass is 19.1. The van der Waals surface area contributed by atoms with Crippen LogP contribution in [0.2, 0.25) is 0 Å². The molecule has 2 aromatic carbocycles. The Morgan fingerprint density at radius 2 is 1.89 bits per heavy atom. The van der Waals surface area contributed by atoms with E-state index in [1.165, 1.54) is 6.07 Å². The molecular formula is C33H31F3N6O2. The van der Waals surface area contributed by atoms with Gasteiger partial charge in [-0.1, -0.05) is 30.2 Å². The first kappa shape index (κ1) is 27.4. The van der Waals surface area contributed by atoms with Gasteiger partial charge in [-0.15, -0.1) is 6.42 Å². The number of aromatic nitrogens is 3. The summed E-state index contributed by atoms with van der Waals surface area (Å²) in [6.07, 6.45) is 8.88. The number of rotatable bonds is 5. The number of nitrogens with zero attached hydrogens (tertiary/aromatic N) is 5. The largest absolute Gasteiger partial charge is 0.493 e. The van der Waals surface area contributed by atoms with E-state index in [9.17, 15) is 13.9 Å². The van der Waals surface area contributed by atoms with Crippen LogP contribution < -0.4 is 15.0 Å². The monoisotopic (exact) mass is 600 g/mol. The molecule has 2 aromatic heterocycles. The molecule has 4 aliphatic rings. The van der Waals surface area contributed by atoms with Gasteiger partial charge in [-0.3, -0.25) is 4.90 Å². The van der Waals surface area contributed by atoms with E-state index in [-0.39, 0.29) is 52.4 Å². The molecule has 2 N–H and O–H groups in total. The second-order valence-corrected chi connectivity index (χ2v) is 12.5. The first-order valence-corrected chi connectivity index (χ1v) is 15.1. The van der Waals surface area contributed by atoms with Crippen LogP contribution in [0.15, 0.2) is 30.3 Å². The van der Waals surface area contributed by atoms with Crippen molar-refractivity contribution in [3.8, 4) is 35.5 Å². The smallest absolute Gasteiger partial charge is 0.319 e. The van der Waals surface area contributed by atoms with Crippen LogP contribution in [-0.4, -0.2) is 81.5 Å². The normalized spacial score (nSPS) is 26.4. The van der Waals surface area contributed by atoms with Crippen LogP contribution in [0.25, 0.3) is 32.9 Å². The average molecular weight is 601 g/mol. The third kappa shape index (κ3) is 4.26. The molecule has 4 aromatic rings. The van der Waals surface area contributed by atoms with Crippen LogP contribution in [0.4, 0.5) is 19.0 Å². The lowest BCUT2D eigenvalue weighted by atomic mass is 9.95. The van der Waals surface area contributed by atoms with Gasteiger partial charge in [0, 0.05) is 49.1 Å². The van der Waals surface area contributed by atoms with Crippen molar-refractivity contribution in [2.75, 3.05) is 37.7 Å². The molecule has 0 amide bonds. The number of hydrogen-bond acceptors (Lipinski definition) is 8. The van der Waals surface area contributed by atoms with Crippen LogP contribution in [-0.2, 0) is 0 Å². The molecule has 8 rings (SSSR count). The highest BCUT2D eigenvalue weighted by Crippen LogP contribution is 2.43. The number of piperazine rings is 1. The predicted molar refractivity (Wildman–Crippen MR) is 160 cm³/mol. The number of terminal acetylenes is 1. The zero-order valence-corrected chi connectivity index (χ0v) is 24.0. The van der Waals surface area contributed by atoms with Crippen LogP contribution in [0.3, 0.4) is 0 Å². The Labute approximate surface area is 252 Å². The molecule has 44 heavy (non-hydrogen) atoms. The van der Waals surface area contributed by atoms with Gasteiger partial charge in [-0.05, 0) is 43.7 Å². The van der Waals surface area contributed by atoms with E-state index >= 15 is 4.39 Å². The lowest BCUT2D eigenvalue weighted by molar-refractivity contribution is 0.107. The second kappa shape index (κ2) is 10.2. The summed E-state index contributed by atoms with van der Waals surface area (Å²) in [5, 5.41) is 16.0. The van der Waals surface area contributed by atoms with Crippen LogP contribution >= 0.6 is 0 Å². The minimum absolute atomic E-state index is 0.0225. The summed E-state index contributed by atoms with van der Waals surface area (Å²) in [5.74, 6) is 0.843. The first-order chi connectivity index (χ1) is 21.3. The Morgan fingerprint density at radius 3 is 2.68 bits per heavy atom. The summed E-state index contributed by atoms with van der Waals surface area (Å²) in [7, 11) is 0. The predicted octanol–water partition coefficient (Wildman–Crippen LogP) is 4.71. The minimum atomic E-state index is -0.926. The van der Waals surface area contributed by atoms with Gasteiger partial charge >= 0.3 is 6.01 Å². The molecule has 4 aliphatic heterocycles. The number of fused-ring (bicyclic) bond motifs is 5. The standard InChI is InChI=1S/C33H31F3N6O2/c1-2-22-24(35)10-7-18-5-3-6-23(25(18)22)28-27(36)29-26(31(43)38-28)30(41-15-20-8-9-21(16-41)37-20)40-32(39-29)44-17-33-11-4-12-42(33)14-19(34)13-33/h1,3,5-7,10,19-21,37H,4,8-9,11-17H2,(H,38,43)/t19-,20?,21?,33+/m1/s1. The summed E-state index contributed by atoms with van der Waals surface area (Å²) in [4.78, 5) is 17.7. The Balaban J connectivity index is 1.29. The van der Waals surface area contributed by atoms with Crippen molar-refractivity contribution >= 4 is 27.5 Å². The zero-order chi connectivity index (χ0) is 30.2. The highest BCUT2D eigenvalue weighted by molar-refractivity contribution is 6.03. The van der Waals surface area contributed by atoms with Crippen LogP contribution in [0.1, 0.15) is 37.7 Å². The van der Waals surface area contributed by atoms with Gasteiger partial charge in [-0.25, -0.2) is 18.2 Å². The number of pyridine rings is 1. The molecule has 0 spiro atoms. The van der Waals surface area contributed by atoms with Gasteiger partial charge in [0.2, 0.25) is 5.88 Å². The molecule has 2 unspecified atom stereocenters. The molecule has 0 saturated carbocycles. The lowest BCUT2D eigenvalue weighted by Gasteiger charge is -2.34. The molecular weight excluding hydrogens is 569 g/mol. The number of aromatic hydroxyl groups is 1. The SMILES string of the molecule is C#Cc1c(F)ccc2cccc(-c3nc(O)c4c(N5CC6CCC(C5)N6)nc(OC[C@@]56CCCN5C[C@H](F)C6)nc4c3F)c12. The van der Waals surface area contributed by atoms with E-state index in [2.05, 4.69) is 26.1 Å². The van der Waals surface area contributed by atoms with E-state index in [0.29, 0.717) is 42.6 Å². The van der Waals surface area contributed by atoms with Gasteiger partial charge in [0.1, 0.15) is 41.0 Å². The number of nitrogens with one attached hydrogen (secondary N) is 1. The minimum Gasteiger partial charge on any atom is -0.493 e. The third-order valence-corrected chi connectivity index (χ3v) is 9.87. The molecule has 226 valence electrons. The maximum absolute atomic E-state index is 16.7. The summed E-state index contributed by atoms with van der Waals surface area (Å²) in [5.41, 5.74) is -0.618. The number of benzene rings is 2. The molecule has 4 saturated heterocycles. The van der Waals surface area contributed by atoms with Gasteiger partial charge in [-0.2, -0.15) is 9.97 Å². The molecule has 0 aliphatic carbocycles. The number of ether oxygens (including phenoxy) is 1. The van der Waals surface area contributed by atoms with Gasteiger partial charge in [0.25, 0.3) is 0 Å². The number of alkyl halides is 1. The lowest BCUT2D eigenvalue weighted by Crippen LogP contribution is -2.51. The van der Waals surface area contributed by atoms with E-state index in [4.69, 9.17) is 16.1 Å². The third-order valence-electron chi connectivity index (χ3n) is 9.87. The molecule has 0 radical (unpaired) electrons. The quantitative estimate of drug-likeness (QED) is 0.319. The van der Waals surface area contributed by atoms with Crippen molar-refractivity contribution in [1.82, 2.24) is 25.2 Å². The topological polar surface area (TPSA) is 86.6 Å². The van der Waals surface area contributed by atoms with Crippen molar-refractivity contribution in [2.24, 2.45) is 0 Å². The van der Waals surface area contributed by atoms with Crippen LogP contribution in [0.5, 0.6) is 11.9 Å². The number of halogens is 3. The van der Waals surface area contributed by atoms with Crippen molar-refractivity contribution in [1.29, 1.82) is 0 Å². The van der Waals surface area contributed by atoms with Gasteiger partial charge in [0.05, 0.1) is 11.1 Å². The van der Waals surface area contributed by atoms with E-state index in [1.807, 2.05) is 4.90 Å². The van der Waals surface area contributed by atoms with Crippen LogP contribution in [0, 0.1) is 24.0 Å². The molecule has 11 heteroatoms. The Morgan fingerprint density at radius 1 is 1.07 bits per heavy atom. The maximum Gasteiger partial charge on any atom is 0.319 e. The van der Waals surface area contributed by atoms with E-state index in [0.717, 1.165) is 32.2 Å². The molecule has 4 fully saturated rings. The zero-order valence-electron chi connectivity index (χ0n) is 24.0. The molecule has 8 nitrogen and oxygen atoms in total. The second-order valence-electron chi connectivity index (χ2n) is 12.5. The van der Waals surface area contributed by atoms with Gasteiger partial charge < -0.3 is 20.1 Å². The summed E-state index contributed by atoms with van der Waals surface area (Å²) in [6, 6.07) is 8.30. The first-order valence-electron chi connectivity index (χ1n) is 15.1. The average Bonchev–Trinajstić information content (AvgIpc) is 3.67. The van der Waals surface area contributed by atoms with E-state index in [1.54, 1.807) is 24.3 Å². The Bertz CT molecular complexity index is 1850. The van der Waals surface area contributed by atoms with Crippen molar-refractivity contribution in [2.45, 2.75) is 55.9 Å². The maximum atomic E-state index is 16.7. The number of hydrogen-bond donors (Lipinski definition) is 2.